The molecule has 0 saturated carbocycles. The van der Waals surface area contributed by atoms with E-state index in [0.717, 1.165) is 12.8 Å². The van der Waals surface area contributed by atoms with Crippen LogP contribution in [-0.2, 0) is 14.3 Å². The number of amides is 2. The first-order valence-electron chi connectivity index (χ1n) is 12.5. The highest BCUT2D eigenvalue weighted by molar-refractivity contribution is 5.79. The first-order chi connectivity index (χ1) is 16.9. The van der Waals surface area contributed by atoms with Crippen LogP contribution in [0.5, 0.6) is 0 Å². The minimum absolute atomic E-state index is 0.0311. The van der Waals surface area contributed by atoms with E-state index in [1.165, 1.54) is 22.3 Å². The number of alkyl carbamates (subject to hydrolysis) is 1. The van der Waals surface area contributed by atoms with Crippen LogP contribution in [0.1, 0.15) is 63.0 Å². The molecule has 2 amide bonds. The summed E-state index contributed by atoms with van der Waals surface area (Å²) in [6.07, 6.45) is 2.61. The van der Waals surface area contributed by atoms with Gasteiger partial charge in [-0.3, -0.25) is 9.59 Å². The summed E-state index contributed by atoms with van der Waals surface area (Å²) in [4.78, 5) is 35.5. The second-order valence-electron chi connectivity index (χ2n) is 9.31. The molecule has 0 spiro atoms. The number of nitrogens with one attached hydrogen (secondary N) is 2. The van der Waals surface area contributed by atoms with Crippen LogP contribution in [0.15, 0.2) is 48.5 Å². The van der Waals surface area contributed by atoms with Gasteiger partial charge in [-0.15, -0.1) is 0 Å². The molecule has 1 aliphatic carbocycles. The van der Waals surface area contributed by atoms with Crippen molar-refractivity contribution in [3.05, 3.63) is 59.7 Å². The van der Waals surface area contributed by atoms with Crippen molar-refractivity contribution < 1.29 is 24.2 Å². The van der Waals surface area contributed by atoms with Crippen molar-refractivity contribution in [2.75, 3.05) is 19.7 Å². The Kier molecular flexibility index (Phi) is 9.70. The first kappa shape index (κ1) is 26.3. The molecule has 0 aliphatic heterocycles. The van der Waals surface area contributed by atoms with Gasteiger partial charge in [0.2, 0.25) is 5.91 Å². The summed E-state index contributed by atoms with van der Waals surface area (Å²) in [5.74, 6) is -1.28. The Morgan fingerprint density at radius 3 is 2.17 bits per heavy atom. The Hall–Kier alpha value is -3.35. The van der Waals surface area contributed by atoms with Crippen molar-refractivity contribution in [2.45, 2.75) is 51.9 Å². The lowest BCUT2D eigenvalue weighted by Crippen LogP contribution is -2.33. The van der Waals surface area contributed by atoms with Crippen molar-refractivity contribution in [2.24, 2.45) is 11.8 Å². The highest BCUT2D eigenvalue weighted by atomic mass is 16.5. The van der Waals surface area contributed by atoms with E-state index < -0.39 is 18.0 Å². The van der Waals surface area contributed by atoms with Crippen LogP contribution in [0.4, 0.5) is 4.79 Å². The number of rotatable bonds is 13. The molecule has 2 aromatic rings. The number of carboxylic acids is 1. The van der Waals surface area contributed by atoms with E-state index >= 15 is 0 Å². The van der Waals surface area contributed by atoms with E-state index in [4.69, 9.17) is 9.84 Å². The second-order valence-corrected chi connectivity index (χ2v) is 9.31. The fraction of sp³-hybridized carbons (Fsp3) is 0.464. The van der Waals surface area contributed by atoms with Gasteiger partial charge >= 0.3 is 12.1 Å². The van der Waals surface area contributed by atoms with Crippen LogP contribution in [0.2, 0.25) is 0 Å². The van der Waals surface area contributed by atoms with Gasteiger partial charge < -0.3 is 20.5 Å². The zero-order chi connectivity index (χ0) is 25.2. The molecule has 2 atom stereocenters. The van der Waals surface area contributed by atoms with E-state index in [1.54, 1.807) is 0 Å². The van der Waals surface area contributed by atoms with E-state index in [0.29, 0.717) is 25.8 Å². The maximum atomic E-state index is 12.3. The summed E-state index contributed by atoms with van der Waals surface area (Å²) >= 11 is 0. The predicted molar refractivity (Wildman–Crippen MR) is 135 cm³/mol. The summed E-state index contributed by atoms with van der Waals surface area (Å²) in [7, 11) is 0. The maximum Gasteiger partial charge on any atom is 0.407 e. The minimum Gasteiger partial charge on any atom is -0.481 e. The van der Waals surface area contributed by atoms with E-state index in [9.17, 15) is 14.4 Å². The normalized spacial score (nSPS) is 13.9. The van der Waals surface area contributed by atoms with Crippen LogP contribution < -0.4 is 10.6 Å². The zero-order valence-electron chi connectivity index (χ0n) is 20.6. The smallest absolute Gasteiger partial charge is 0.407 e. The quantitative estimate of drug-likeness (QED) is 0.376. The number of carboxylic acid groups (broad SMARTS) is 1. The average molecular weight is 481 g/mol. The summed E-state index contributed by atoms with van der Waals surface area (Å²) in [5.41, 5.74) is 4.74. The van der Waals surface area contributed by atoms with Crippen molar-refractivity contribution in [1.29, 1.82) is 0 Å². The Morgan fingerprint density at radius 2 is 1.57 bits per heavy atom. The molecular formula is C28H36N2O5. The number of aliphatic carboxylic acids is 1. The number of carbonyl (C=O) groups is 3. The Morgan fingerprint density at radius 1 is 0.943 bits per heavy atom. The summed E-state index contributed by atoms with van der Waals surface area (Å²) in [5, 5.41) is 14.7. The van der Waals surface area contributed by atoms with Crippen LogP contribution in [-0.4, -0.2) is 42.8 Å². The lowest BCUT2D eigenvalue weighted by Gasteiger charge is -2.16. The van der Waals surface area contributed by atoms with E-state index in [1.807, 2.05) is 38.1 Å². The number of ether oxygens (including phenoxy) is 1. The van der Waals surface area contributed by atoms with E-state index in [2.05, 4.69) is 34.9 Å². The fourth-order valence-corrected chi connectivity index (χ4v) is 4.58. The third-order valence-corrected chi connectivity index (χ3v) is 6.65. The molecule has 0 fully saturated rings. The van der Waals surface area contributed by atoms with Crippen LogP contribution in [0.3, 0.4) is 0 Å². The molecule has 0 aromatic heterocycles. The molecule has 0 bridgehead atoms. The molecule has 7 nitrogen and oxygen atoms in total. The molecule has 188 valence electrons. The van der Waals surface area contributed by atoms with Gasteiger partial charge in [0, 0.05) is 25.4 Å². The number of benzene rings is 2. The lowest BCUT2D eigenvalue weighted by molar-refractivity contribution is -0.141. The van der Waals surface area contributed by atoms with Gasteiger partial charge in [0.05, 0.1) is 5.92 Å². The van der Waals surface area contributed by atoms with Crippen LogP contribution in [0.25, 0.3) is 11.1 Å². The number of fused-ring (bicyclic) bond motifs is 3. The van der Waals surface area contributed by atoms with Crippen molar-refractivity contribution in [1.82, 2.24) is 10.6 Å². The molecule has 3 rings (SSSR count). The number of carbonyl (C=O) groups excluding carboxylic acids is 2. The topological polar surface area (TPSA) is 105 Å². The standard InChI is InChI=1S/C28H36N2O5/c1-3-8-20(27(32)33)17-30-26(31)14-13-19(2)15-16-29-28(34)35-18-25-23-11-6-4-9-21(23)22-10-5-7-12-24(22)25/h4-7,9-12,19-20,25H,3,8,13-18H2,1-2H3,(H,29,34)(H,30,31)(H,32,33). The summed E-state index contributed by atoms with van der Waals surface area (Å²) in [6, 6.07) is 16.4. The average Bonchev–Trinajstić information content (AvgIpc) is 3.17. The third-order valence-electron chi connectivity index (χ3n) is 6.65. The van der Waals surface area contributed by atoms with Gasteiger partial charge in [0.15, 0.2) is 0 Å². The third kappa shape index (κ3) is 7.31. The predicted octanol–water partition coefficient (Wildman–Crippen LogP) is 4.95. The van der Waals surface area contributed by atoms with Gasteiger partial charge in [-0.1, -0.05) is 68.8 Å². The summed E-state index contributed by atoms with van der Waals surface area (Å²) < 4.78 is 5.55. The molecule has 0 radical (unpaired) electrons. The Labute approximate surface area is 207 Å². The molecule has 35 heavy (non-hydrogen) atoms. The molecule has 0 heterocycles. The first-order valence-corrected chi connectivity index (χ1v) is 12.5. The second kappa shape index (κ2) is 12.9. The van der Waals surface area contributed by atoms with Gasteiger partial charge in [-0.05, 0) is 47.4 Å². The maximum absolute atomic E-state index is 12.3. The lowest BCUT2D eigenvalue weighted by atomic mass is 9.98. The minimum atomic E-state index is -0.875. The number of hydrogen-bond acceptors (Lipinski definition) is 4. The molecular weight excluding hydrogens is 444 g/mol. The highest BCUT2D eigenvalue weighted by Crippen LogP contribution is 2.44. The fourth-order valence-electron chi connectivity index (χ4n) is 4.58. The monoisotopic (exact) mass is 480 g/mol. The SMILES string of the molecule is CCCC(CNC(=O)CCC(C)CCNC(=O)OCC1c2ccccc2-c2ccccc21)C(=O)O. The van der Waals surface area contributed by atoms with Gasteiger partial charge in [0.1, 0.15) is 6.61 Å². The Bertz CT molecular complexity index is 976. The zero-order valence-corrected chi connectivity index (χ0v) is 20.6. The highest BCUT2D eigenvalue weighted by Gasteiger charge is 2.29. The Balaban J connectivity index is 1.34. The largest absolute Gasteiger partial charge is 0.481 e. The number of hydrogen-bond donors (Lipinski definition) is 3. The van der Waals surface area contributed by atoms with Crippen molar-refractivity contribution in [3.8, 4) is 11.1 Å². The molecule has 2 aromatic carbocycles. The van der Waals surface area contributed by atoms with Crippen LogP contribution >= 0.6 is 0 Å². The molecule has 0 saturated heterocycles. The molecule has 1 aliphatic rings. The van der Waals surface area contributed by atoms with Gasteiger partial charge in [-0.25, -0.2) is 4.79 Å². The van der Waals surface area contributed by atoms with Gasteiger partial charge in [0.25, 0.3) is 0 Å². The van der Waals surface area contributed by atoms with Crippen LogP contribution in [0, 0.1) is 11.8 Å². The van der Waals surface area contributed by atoms with Crippen molar-refractivity contribution >= 4 is 18.0 Å². The van der Waals surface area contributed by atoms with Crippen molar-refractivity contribution in [3.63, 3.8) is 0 Å². The summed E-state index contributed by atoms with van der Waals surface area (Å²) in [6.45, 7) is 4.88. The molecule has 2 unspecified atom stereocenters. The molecule has 7 heteroatoms. The molecule has 3 N–H and O–H groups in total. The van der Waals surface area contributed by atoms with Gasteiger partial charge in [-0.2, -0.15) is 0 Å². The van der Waals surface area contributed by atoms with E-state index in [-0.39, 0.29) is 30.9 Å².